The monoisotopic (exact) mass is 469 g/mol. The number of fused-ring (bicyclic) bond motifs is 1. The fourth-order valence-electron chi connectivity index (χ4n) is 7.00. The van der Waals surface area contributed by atoms with Gasteiger partial charge in [0.15, 0.2) is 0 Å². The summed E-state index contributed by atoms with van der Waals surface area (Å²) < 4.78 is 13.7. The highest BCUT2D eigenvalue weighted by atomic mass is 19.1. The van der Waals surface area contributed by atoms with E-state index in [1.165, 1.54) is 18.1 Å². The van der Waals surface area contributed by atoms with Crippen LogP contribution in [0.1, 0.15) is 59.7 Å². The Morgan fingerprint density at radius 3 is 2.71 bits per heavy atom. The number of rotatable bonds is 5. The van der Waals surface area contributed by atoms with Crippen molar-refractivity contribution in [3.05, 3.63) is 101 Å². The van der Waals surface area contributed by atoms with Crippen LogP contribution in [0.4, 0.5) is 4.39 Å². The topological polar surface area (TPSA) is 45.2 Å². The minimum Gasteiger partial charge on any atom is -0.330 e. The van der Waals surface area contributed by atoms with Crippen LogP contribution in [0.25, 0.3) is 0 Å². The van der Waals surface area contributed by atoms with Crippen molar-refractivity contribution in [2.45, 2.75) is 69.6 Å². The Balaban J connectivity index is 1.34. The average Bonchev–Trinajstić information content (AvgIpc) is 3.21. The Morgan fingerprint density at radius 2 is 1.89 bits per heavy atom. The Labute approximate surface area is 206 Å². The molecule has 0 radical (unpaired) electrons. The second kappa shape index (κ2) is 8.87. The van der Waals surface area contributed by atoms with E-state index >= 15 is 0 Å². The van der Waals surface area contributed by atoms with E-state index in [4.69, 9.17) is 0 Å². The van der Waals surface area contributed by atoms with E-state index in [0.29, 0.717) is 24.1 Å². The highest BCUT2D eigenvalue weighted by molar-refractivity contribution is 5.95. The van der Waals surface area contributed by atoms with Crippen LogP contribution >= 0.6 is 0 Å². The lowest BCUT2D eigenvalue weighted by molar-refractivity contribution is -0.0111. The number of benzene rings is 2. The van der Waals surface area contributed by atoms with Crippen LogP contribution in [0.2, 0.25) is 0 Å². The van der Waals surface area contributed by atoms with Crippen molar-refractivity contribution in [3.63, 3.8) is 0 Å². The summed E-state index contributed by atoms with van der Waals surface area (Å²) in [6, 6.07) is 20.2. The van der Waals surface area contributed by atoms with Crippen molar-refractivity contribution >= 4 is 5.91 Å². The number of carbonyl (C=O) groups is 1. The average molecular weight is 470 g/mol. The van der Waals surface area contributed by atoms with E-state index in [1.54, 1.807) is 24.5 Å². The number of nitrogens with zero attached hydrogens (tertiary/aromatic N) is 2. The van der Waals surface area contributed by atoms with Gasteiger partial charge in [0.1, 0.15) is 5.82 Å². The van der Waals surface area contributed by atoms with E-state index in [0.717, 1.165) is 36.8 Å². The van der Waals surface area contributed by atoms with Gasteiger partial charge in [-0.25, -0.2) is 4.39 Å². The third-order valence-electron chi connectivity index (χ3n) is 8.62. The second-order valence-corrected chi connectivity index (χ2v) is 10.8. The van der Waals surface area contributed by atoms with Gasteiger partial charge in [-0.2, -0.15) is 0 Å². The molecule has 5 heteroatoms. The number of hydrogen-bond donors (Lipinski definition) is 1. The first-order valence-corrected chi connectivity index (χ1v) is 12.8. The molecular weight excluding hydrogens is 437 g/mol. The first kappa shape index (κ1) is 22.4. The number of nitrogens with one attached hydrogen (secondary N) is 1. The molecule has 4 nitrogen and oxygen atoms in total. The molecule has 0 spiro atoms. The zero-order valence-electron chi connectivity index (χ0n) is 20.2. The van der Waals surface area contributed by atoms with Gasteiger partial charge >= 0.3 is 0 Å². The summed E-state index contributed by atoms with van der Waals surface area (Å²) in [7, 11) is 0. The zero-order valence-corrected chi connectivity index (χ0v) is 20.2. The minimum absolute atomic E-state index is 0.0739. The molecule has 2 aliphatic heterocycles. The zero-order chi connectivity index (χ0) is 24.0. The van der Waals surface area contributed by atoms with Crippen molar-refractivity contribution in [3.8, 4) is 0 Å². The molecule has 0 unspecified atom stereocenters. The van der Waals surface area contributed by atoms with Gasteiger partial charge in [0.2, 0.25) is 0 Å². The number of aromatic nitrogens is 1. The predicted octanol–water partition coefficient (Wildman–Crippen LogP) is 5.17. The van der Waals surface area contributed by atoms with Crippen LogP contribution in [0, 0.1) is 11.2 Å². The maximum Gasteiger partial charge on any atom is 0.256 e. The first-order valence-electron chi connectivity index (χ1n) is 12.8. The minimum atomic E-state index is -0.247. The van der Waals surface area contributed by atoms with Gasteiger partial charge in [-0.3, -0.25) is 9.78 Å². The van der Waals surface area contributed by atoms with Crippen LogP contribution < -0.4 is 5.32 Å². The standard InChI is InChI=1S/C30H32FN3O/c1-30-17-25-26(16-20-7-3-2-4-8-20)34(28(30)12-6-11-27(30)33-25)29(35)23-14-22(18-32-19-23)13-21-9-5-10-24(31)15-21/h2-5,7-10,14-15,18-19,25-28,33H,6,11-13,16-17H2,1H3/t25-,26-,27-,28+,30-/m0/s1. The summed E-state index contributed by atoms with van der Waals surface area (Å²) in [5.41, 5.74) is 3.80. The van der Waals surface area contributed by atoms with Crippen molar-refractivity contribution in [2.75, 3.05) is 0 Å². The molecule has 2 aromatic carbocycles. The highest BCUT2D eigenvalue weighted by Gasteiger charge is 2.60. The molecule has 3 heterocycles. The van der Waals surface area contributed by atoms with Crippen molar-refractivity contribution in [2.24, 2.45) is 5.41 Å². The van der Waals surface area contributed by atoms with Crippen LogP contribution in [-0.2, 0) is 12.8 Å². The number of hydrogen-bond acceptors (Lipinski definition) is 3. The quantitative estimate of drug-likeness (QED) is 0.561. The summed E-state index contributed by atoms with van der Waals surface area (Å²) in [6.45, 7) is 2.38. The molecule has 5 atom stereocenters. The lowest BCUT2D eigenvalue weighted by Gasteiger charge is -2.53. The van der Waals surface area contributed by atoms with E-state index in [9.17, 15) is 9.18 Å². The molecule has 1 saturated carbocycles. The Kier molecular flexibility index (Phi) is 5.68. The van der Waals surface area contributed by atoms with Crippen molar-refractivity contribution < 1.29 is 9.18 Å². The first-order chi connectivity index (χ1) is 17.0. The van der Waals surface area contributed by atoms with Crippen molar-refractivity contribution in [1.82, 2.24) is 15.2 Å². The number of halogens is 1. The number of pyridine rings is 1. The largest absolute Gasteiger partial charge is 0.330 e. The highest BCUT2D eigenvalue weighted by Crippen LogP contribution is 2.52. The molecule has 3 fully saturated rings. The normalized spacial score (nSPS) is 29.3. The van der Waals surface area contributed by atoms with E-state index in [-0.39, 0.29) is 29.2 Å². The molecule has 2 bridgehead atoms. The molecule has 180 valence electrons. The summed E-state index contributed by atoms with van der Waals surface area (Å²) in [6.07, 6.45) is 9.38. The smallest absolute Gasteiger partial charge is 0.256 e. The fraction of sp³-hybridized carbons (Fsp3) is 0.400. The van der Waals surface area contributed by atoms with Crippen LogP contribution in [0.3, 0.4) is 0 Å². The van der Waals surface area contributed by atoms with Gasteiger partial charge in [0, 0.05) is 35.9 Å². The third-order valence-corrected chi connectivity index (χ3v) is 8.62. The molecule has 1 aromatic heterocycles. The summed E-state index contributed by atoms with van der Waals surface area (Å²) in [5.74, 6) is -0.173. The van der Waals surface area contributed by atoms with Crippen LogP contribution in [0.5, 0.6) is 0 Å². The number of amides is 1. The van der Waals surface area contributed by atoms with Crippen LogP contribution in [0.15, 0.2) is 73.1 Å². The molecule has 1 aliphatic carbocycles. The van der Waals surface area contributed by atoms with E-state index in [2.05, 4.69) is 46.4 Å². The van der Waals surface area contributed by atoms with Gasteiger partial charge in [-0.05, 0) is 73.4 Å². The molecule has 1 amide bonds. The Morgan fingerprint density at radius 1 is 1.06 bits per heavy atom. The third kappa shape index (κ3) is 4.06. The molecular formula is C30H32FN3O. The fourth-order valence-corrected chi connectivity index (χ4v) is 7.00. The van der Waals surface area contributed by atoms with Gasteiger partial charge in [0.25, 0.3) is 5.91 Å². The molecule has 2 saturated heterocycles. The molecule has 1 N–H and O–H groups in total. The summed E-state index contributed by atoms with van der Waals surface area (Å²) >= 11 is 0. The summed E-state index contributed by atoms with van der Waals surface area (Å²) in [4.78, 5) is 20.9. The van der Waals surface area contributed by atoms with Crippen molar-refractivity contribution in [1.29, 1.82) is 0 Å². The summed E-state index contributed by atoms with van der Waals surface area (Å²) in [5, 5.41) is 3.94. The predicted molar refractivity (Wildman–Crippen MR) is 135 cm³/mol. The molecule has 3 aromatic rings. The van der Waals surface area contributed by atoms with Crippen LogP contribution in [-0.4, -0.2) is 40.0 Å². The Bertz CT molecular complexity index is 1230. The lowest BCUT2D eigenvalue weighted by Crippen LogP contribution is -2.62. The van der Waals surface area contributed by atoms with Gasteiger partial charge < -0.3 is 10.2 Å². The molecule has 35 heavy (non-hydrogen) atoms. The second-order valence-electron chi connectivity index (χ2n) is 10.8. The Hall–Kier alpha value is -3.05. The number of piperidine rings is 1. The molecule has 6 rings (SSSR count). The SMILES string of the molecule is C[C@]12C[C@@H]3N[C@H]1CCC[C@H]2N(C(=O)c1cncc(Cc2cccc(F)c2)c1)[C@H]3Cc1ccccc1. The van der Waals surface area contributed by atoms with Gasteiger partial charge in [0.05, 0.1) is 11.6 Å². The maximum atomic E-state index is 14.2. The van der Waals surface area contributed by atoms with Gasteiger partial charge in [-0.15, -0.1) is 0 Å². The maximum absolute atomic E-state index is 14.2. The van der Waals surface area contributed by atoms with Gasteiger partial charge in [-0.1, -0.05) is 49.4 Å². The lowest BCUT2D eigenvalue weighted by atomic mass is 9.64. The van der Waals surface area contributed by atoms with E-state index in [1.807, 2.05) is 18.2 Å². The molecule has 3 aliphatic rings. The number of likely N-dealkylation sites (tertiary alicyclic amines) is 1. The number of carbonyl (C=O) groups excluding carboxylic acids is 1. The van der Waals surface area contributed by atoms with E-state index < -0.39 is 0 Å².